The second-order valence-corrected chi connectivity index (χ2v) is 8.78. The van der Waals surface area contributed by atoms with Crippen LogP contribution >= 0.6 is 0 Å². The average Bonchev–Trinajstić information content (AvgIpc) is 3.52. The molecule has 1 aliphatic carbocycles. The summed E-state index contributed by atoms with van der Waals surface area (Å²) in [4.78, 5) is 21.6. The summed E-state index contributed by atoms with van der Waals surface area (Å²) in [5.74, 6) is -2.52. The molecule has 3 heterocycles. The number of imidazole rings is 1. The maximum atomic E-state index is 15.4. The molecule has 1 N–H and O–H groups in total. The normalized spacial score (nSPS) is 20.4. The largest absolute Gasteiger partial charge is 0.435 e. The van der Waals surface area contributed by atoms with Crippen LogP contribution in [0.5, 0.6) is 0 Å². The Morgan fingerprint density at radius 3 is 2.34 bits per heavy atom. The van der Waals surface area contributed by atoms with Crippen LogP contribution < -0.4 is 4.90 Å². The number of fused-ring (bicyclic) bond motifs is 1. The SMILES string of the molecule is O=C1C(C2CC2)[C@@H](c2c(F)cc(-c3ccc(C(F)(F)F)nn3)cc2F)N1c1ccc2[nH]cnc2c1. The van der Waals surface area contributed by atoms with Crippen molar-refractivity contribution in [1.29, 1.82) is 0 Å². The molecule has 2 atom stereocenters. The first-order valence-corrected chi connectivity index (χ1v) is 10.9. The highest BCUT2D eigenvalue weighted by Crippen LogP contribution is 2.55. The lowest BCUT2D eigenvalue weighted by Crippen LogP contribution is -2.56. The number of aromatic nitrogens is 4. The van der Waals surface area contributed by atoms with E-state index in [9.17, 15) is 18.0 Å². The molecule has 1 amide bonds. The maximum absolute atomic E-state index is 15.4. The molecule has 11 heteroatoms. The van der Waals surface area contributed by atoms with E-state index in [2.05, 4.69) is 20.2 Å². The summed E-state index contributed by atoms with van der Waals surface area (Å²) in [6.07, 6.45) is -1.55. The Bertz CT molecular complexity index is 1440. The van der Waals surface area contributed by atoms with Gasteiger partial charge in [0.25, 0.3) is 0 Å². The lowest BCUT2D eigenvalue weighted by Gasteiger charge is -2.48. The van der Waals surface area contributed by atoms with Crippen molar-refractivity contribution in [2.75, 3.05) is 4.90 Å². The van der Waals surface area contributed by atoms with Crippen molar-refractivity contribution in [3.05, 3.63) is 71.7 Å². The van der Waals surface area contributed by atoms with Crippen LogP contribution in [-0.2, 0) is 11.0 Å². The Morgan fingerprint density at radius 1 is 0.971 bits per heavy atom. The van der Waals surface area contributed by atoms with Crippen molar-refractivity contribution in [1.82, 2.24) is 20.2 Å². The van der Waals surface area contributed by atoms with E-state index in [-0.39, 0.29) is 28.6 Å². The summed E-state index contributed by atoms with van der Waals surface area (Å²) in [5, 5.41) is 6.60. The Morgan fingerprint density at radius 2 is 1.71 bits per heavy atom. The van der Waals surface area contributed by atoms with Crippen molar-refractivity contribution in [3.63, 3.8) is 0 Å². The van der Waals surface area contributed by atoms with Gasteiger partial charge in [0.05, 0.1) is 35.0 Å². The Labute approximate surface area is 194 Å². The quantitative estimate of drug-likeness (QED) is 0.309. The van der Waals surface area contributed by atoms with Gasteiger partial charge in [0.1, 0.15) is 11.6 Å². The van der Waals surface area contributed by atoms with E-state index < -0.39 is 35.5 Å². The summed E-state index contributed by atoms with van der Waals surface area (Å²) < 4.78 is 69.1. The number of rotatable bonds is 4. The van der Waals surface area contributed by atoms with Crippen LogP contribution in [-0.4, -0.2) is 26.1 Å². The standard InChI is InChI=1S/C24H16F5N5O/c25-14-7-12(16-5-6-19(33-32-16)24(27,28)29)8-15(26)21(14)22-20(11-1-2-11)23(35)34(22)13-3-4-17-18(9-13)31-10-30-17/h3-11,20,22H,1-2H2,(H,30,31)/t20?,22-/m0/s1. The smallest absolute Gasteiger partial charge is 0.345 e. The van der Waals surface area contributed by atoms with E-state index in [0.717, 1.165) is 36.6 Å². The number of alkyl halides is 3. The number of H-pyrrole nitrogens is 1. The topological polar surface area (TPSA) is 74.8 Å². The molecule has 2 aromatic heterocycles. The molecule has 6 nitrogen and oxygen atoms in total. The fourth-order valence-corrected chi connectivity index (χ4v) is 4.74. The third-order valence-corrected chi connectivity index (χ3v) is 6.58. The van der Waals surface area contributed by atoms with Crippen molar-refractivity contribution in [2.45, 2.75) is 25.1 Å². The lowest BCUT2D eigenvalue weighted by atomic mass is 9.78. The minimum atomic E-state index is -4.68. The van der Waals surface area contributed by atoms with Gasteiger partial charge in [0, 0.05) is 16.8 Å². The first-order valence-electron chi connectivity index (χ1n) is 10.9. The van der Waals surface area contributed by atoms with Gasteiger partial charge in [-0.2, -0.15) is 13.2 Å². The molecule has 1 aliphatic heterocycles. The molecule has 0 bridgehead atoms. The number of anilines is 1. The lowest BCUT2D eigenvalue weighted by molar-refractivity contribution is -0.141. The number of nitrogens with zero attached hydrogens (tertiary/aromatic N) is 4. The molecule has 178 valence electrons. The number of β-lactam (4-membered cyclic amide) rings is 1. The molecule has 2 aliphatic rings. The molecule has 0 spiro atoms. The van der Waals surface area contributed by atoms with Crippen LogP contribution in [0.25, 0.3) is 22.3 Å². The Balaban J connectivity index is 1.39. The Kier molecular flexibility index (Phi) is 4.67. The minimum Gasteiger partial charge on any atom is -0.345 e. The predicted molar refractivity (Wildman–Crippen MR) is 115 cm³/mol. The number of aromatic amines is 1. The molecule has 2 aromatic carbocycles. The average molecular weight is 485 g/mol. The second kappa shape index (κ2) is 7.56. The van der Waals surface area contributed by atoms with Gasteiger partial charge >= 0.3 is 6.18 Å². The monoisotopic (exact) mass is 485 g/mol. The second-order valence-electron chi connectivity index (χ2n) is 8.78. The van der Waals surface area contributed by atoms with Crippen LogP contribution in [0, 0.1) is 23.5 Å². The Hall–Kier alpha value is -3.89. The van der Waals surface area contributed by atoms with Gasteiger partial charge in [-0.05, 0) is 61.2 Å². The predicted octanol–water partition coefficient (Wildman–Crippen LogP) is 5.43. The molecule has 2 fully saturated rings. The summed E-state index contributed by atoms with van der Waals surface area (Å²) in [7, 11) is 0. The number of benzene rings is 2. The van der Waals surface area contributed by atoms with Crippen LogP contribution in [0.1, 0.15) is 30.1 Å². The molecular weight excluding hydrogens is 469 g/mol. The highest BCUT2D eigenvalue weighted by molar-refractivity contribution is 6.04. The first-order chi connectivity index (χ1) is 16.7. The van der Waals surface area contributed by atoms with Gasteiger partial charge < -0.3 is 9.88 Å². The summed E-state index contributed by atoms with van der Waals surface area (Å²) in [5.41, 5.74) is 0.232. The maximum Gasteiger partial charge on any atom is 0.435 e. The third kappa shape index (κ3) is 3.53. The summed E-state index contributed by atoms with van der Waals surface area (Å²) >= 11 is 0. The van der Waals surface area contributed by atoms with E-state index in [1.165, 1.54) is 11.2 Å². The number of halogens is 5. The van der Waals surface area contributed by atoms with Gasteiger partial charge in [-0.15, -0.1) is 10.2 Å². The molecule has 1 saturated carbocycles. The van der Waals surface area contributed by atoms with Crippen molar-refractivity contribution < 1.29 is 26.7 Å². The number of carbonyl (C=O) groups excluding carboxylic acids is 1. The van der Waals surface area contributed by atoms with Crippen LogP contribution in [0.4, 0.5) is 27.6 Å². The van der Waals surface area contributed by atoms with E-state index in [1.807, 2.05) is 0 Å². The number of amides is 1. The number of hydrogen-bond donors (Lipinski definition) is 1. The molecule has 4 aromatic rings. The molecule has 1 unspecified atom stereocenters. The van der Waals surface area contributed by atoms with Gasteiger partial charge in [-0.3, -0.25) is 4.79 Å². The van der Waals surface area contributed by atoms with Gasteiger partial charge in [-0.1, -0.05) is 0 Å². The van der Waals surface area contributed by atoms with Crippen LogP contribution in [0.15, 0.2) is 48.8 Å². The zero-order chi connectivity index (χ0) is 24.5. The number of nitrogens with one attached hydrogen (secondary N) is 1. The van der Waals surface area contributed by atoms with Crippen LogP contribution in [0.2, 0.25) is 0 Å². The third-order valence-electron chi connectivity index (χ3n) is 6.58. The van der Waals surface area contributed by atoms with Gasteiger partial charge in [0.2, 0.25) is 5.91 Å². The fourth-order valence-electron chi connectivity index (χ4n) is 4.74. The molecular formula is C24H16F5N5O. The highest BCUT2D eigenvalue weighted by atomic mass is 19.4. The molecule has 35 heavy (non-hydrogen) atoms. The van der Waals surface area contributed by atoms with Crippen molar-refractivity contribution in [2.24, 2.45) is 11.8 Å². The van der Waals surface area contributed by atoms with Crippen molar-refractivity contribution >= 4 is 22.6 Å². The molecule has 0 radical (unpaired) electrons. The van der Waals surface area contributed by atoms with Gasteiger partial charge in [0.15, 0.2) is 5.69 Å². The highest BCUT2D eigenvalue weighted by Gasteiger charge is 2.56. The van der Waals surface area contributed by atoms with E-state index >= 15 is 8.78 Å². The van der Waals surface area contributed by atoms with E-state index in [0.29, 0.717) is 17.3 Å². The minimum absolute atomic E-state index is 0.0527. The summed E-state index contributed by atoms with van der Waals surface area (Å²) in [6, 6.07) is 8.00. The zero-order valence-electron chi connectivity index (χ0n) is 17.9. The molecule has 6 rings (SSSR count). The van der Waals surface area contributed by atoms with E-state index in [4.69, 9.17) is 0 Å². The van der Waals surface area contributed by atoms with Gasteiger partial charge in [-0.25, -0.2) is 13.8 Å². The summed E-state index contributed by atoms with van der Waals surface area (Å²) in [6.45, 7) is 0. The molecule has 1 saturated heterocycles. The number of carbonyl (C=O) groups is 1. The fraction of sp³-hybridized carbons (Fsp3) is 0.250. The van der Waals surface area contributed by atoms with Crippen LogP contribution in [0.3, 0.4) is 0 Å². The van der Waals surface area contributed by atoms with E-state index in [1.54, 1.807) is 18.2 Å². The van der Waals surface area contributed by atoms with Crippen molar-refractivity contribution in [3.8, 4) is 11.3 Å². The number of hydrogen-bond acceptors (Lipinski definition) is 4. The first kappa shape index (κ1) is 21.6. The zero-order valence-corrected chi connectivity index (χ0v) is 17.9.